The van der Waals surface area contributed by atoms with Gasteiger partial charge in [-0.2, -0.15) is 0 Å². The number of nitrogens with one attached hydrogen (secondary N) is 1. The Labute approximate surface area is 110 Å². The molecule has 1 aromatic heterocycles. The fourth-order valence-electron chi connectivity index (χ4n) is 1.92. The fraction of sp³-hybridized carbons (Fsp3) is 0.308. The number of nitrogens with two attached hydrogens (primary N) is 1. The van der Waals surface area contributed by atoms with Crippen LogP contribution in [0.4, 0.5) is 11.5 Å². The number of hydrogen-bond donors (Lipinski definition) is 2. The minimum atomic E-state index is 0.340. The minimum Gasteiger partial charge on any atom is -0.398 e. The van der Waals surface area contributed by atoms with E-state index in [-0.39, 0.29) is 0 Å². The molecule has 1 aromatic carbocycles. The summed E-state index contributed by atoms with van der Waals surface area (Å²) in [4.78, 5) is 4.43. The molecule has 0 fully saturated rings. The average Bonchev–Trinajstić information content (AvgIpc) is 2.25. The highest BCUT2D eigenvalue weighted by molar-refractivity contribution is 9.10. The molecule has 2 aromatic rings. The first-order valence-electron chi connectivity index (χ1n) is 5.60. The molecule has 90 valence electrons. The van der Waals surface area contributed by atoms with Crippen molar-refractivity contribution in [3.05, 3.63) is 28.4 Å². The van der Waals surface area contributed by atoms with Gasteiger partial charge in [0.25, 0.3) is 0 Å². The summed E-state index contributed by atoms with van der Waals surface area (Å²) < 4.78 is 0.933. The molecule has 0 aliphatic carbocycles. The molecule has 3 nitrogen and oxygen atoms in total. The van der Waals surface area contributed by atoms with E-state index < -0.39 is 0 Å². The molecule has 0 aliphatic heterocycles. The van der Waals surface area contributed by atoms with E-state index in [1.54, 1.807) is 6.20 Å². The van der Waals surface area contributed by atoms with Gasteiger partial charge in [0.1, 0.15) is 5.82 Å². The van der Waals surface area contributed by atoms with Crippen molar-refractivity contribution in [1.82, 2.24) is 4.98 Å². The summed E-state index contributed by atoms with van der Waals surface area (Å²) in [7, 11) is 0. The van der Waals surface area contributed by atoms with Crippen LogP contribution >= 0.6 is 15.9 Å². The van der Waals surface area contributed by atoms with Crippen LogP contribution in [0.1, 0.15) is 19.4 Å². The molecule has 0 amide bonds. The fourth-order valence-corrected chi connectivity index (χ4v) is 2.45. The molecule has 4 heteroatoms. The number of aryl methyl sites for hydroxylation is 1. The molecule has 17 heavy (non-hydrogen) atoms. The molecule has 3 N–H and O–H groups in total. The zero-order valence-electron chi connectivity index (χ0n) is 10.2. The standard InChI is InChI=1S/C13H16BrN3/c1-7(2)17-13-11-8(3)4-5-10(15)12(11)9(14)6-16-13/h4-7H,15H2,1-3H3,(H,16,17). The van der Waals surface area contributed by atoms with Crippen molar-refractivity contribution < 1.29 is 0 Å². The summed E-state index contributed by atoms with van der Waals surface area (Å²) in [6.07, 6.45) is 1.79. The summed E-state index contributed by atoms with van der Waals surface area (Å²) >= 11 is 3.51. The van der Waals surface area contributed by atoms with Crippen molar-refractivity contribution in [2.24, 2.45) is 0 Å². The predicted octanol–water partition coefficient (Wildman–Crippen LogP) is 3.71. The molecule has 0 unspecified atom stereocenters. The minimum absolute atomic E-state index is 0.340. The molecule has 0 saturated carbocycles. The summed E-state index contributed by atoms with van der Waals surface area (Å²) in [5, 5.41) is 5.48. The van der Waals surface area contributed by atoms with Gasteiger partial charge in [-0.3, -0.25) is 0 Å². The lowest BCUT2D eigenvalue weighted by Crippen LogP contribution is -2.12. The van der Waals surface area contributed by atoms with Gasteiger partial charge >= 0.3 is 0 Å². The van der Waals surface area contributed by atoms with Gasteiger partial charge in [-0.05, 0) is 48.3 Å². The van der Waals surface area contributed by atoms with Crippen LogP contribution in [0.5, 0.6) is 0 Å². The molecular weight excluding hydrogens is 278 g/mol. The Kier molecular flexibility index (Phi) is 3.24. The second kappa shape index (κ2) is 4.53. The van der Waals surface area contributed by atoms with Gasteiger partial charge in [-0.15, -0.1) is 0 Å². The number of nitrogens with zero attached hydrogens (tertiary/aromatic N) is 1. The van der Waals surface area contributed by atoms with Crippen molar-refractivity contribution >= 4 is 38.2 Å². The lowest BCUT2D eigenvalue weighted by atomic mass is 10.0. The van der Waals surface area contributed by atoms with Crippen molar-refractivity contribution in [2.75, 3.05) is 11.1 Å². The highest BCUT2D eigenvalue weighted by atomic mass is 79.9. The van der Waals surface area contributed by atoms with Gasteiger partial charge in [0.15, 0.2) is 0 Å². The first kappa shape index (κ1) is 12.2. The number of pyridine rings is 1. The highest BCUT2D eigenvalue weighted by Crippen LogP contribution is 2.34. The van der Waals surface area contributed by atoms with Crippen molar-refractivity contribution in [3.63, 3.8) is 0 Å². The van der Waals surface area contributed by atoms with Crippen LogP contribution < -0.4 is 11.1 Å². The highest BCUT2D eigenvalue weighted by Gasteiger charge is 2.11. The number of aromatic nitrogens is 1. The second-order valence-electron chi connectivity index (χ2n) is 4.48. The molecule has 0 bridgehead atoms. The maximum Gasteiger partial charge on any atom is 0.134 e. The quantitative estimate of drug-likeness (QED) is 0.830. The largest absolute Gasteiger partial charge is 0.398 e. The van der Waals surface area contributed by atoms with Gasteiger partial charge < -0.3 is 11.1 Å². The number of anilines is 2. The summed E-state index contributed by atoms with van der Waals surface area (Å²) in [6.45, 7) is 6.26. The number of rotatable bonds is 2. The zero-order chi connectivity index (χ0) is 12.6. The molecule has 0 spiro atoms. The third-order valence-corrected chi connectivity index (χ3v) is 3.26. The van der Waals surface area contributed by atoms with Gasteiger partial charge in [-0.25, -0.2) is 4.98 Å². The summed E-state index contributed by atoms with van der Waals surface area (Å²) in [5.41, 5.74) is 7.98. The Balaban J connectivity index is 2.79. The van der Waals surface area contributed by atoms with Crippen LogP contribution in [0.2, 0.25) is 0 Å². The molecule has 1 heterocycles. The lowest BCUT2D eigenvalue weighted by Gasteiger charge is -2.15. The zero-order valence-corrected chi connectivity index (χ0v) is 11.8. The van der Waals surface area contributed by atoms with Crippen molar-refractivity contribution in [2.45, 2.75) is 26.8 Å². The van der Waals surface area contributed by atoms with Crippen LogP contribution in [0.25, 0.3) is 10.8 Å². The van der Waals surface area contributed by atoms with E-state index in [1.807, 2.05) is 12.1 Å². The van der Waals surface area contributed by atoms with E-state index in [0.717, 1.165) is 26.8 Å². The molecular formula is C13H16BrN3. The maximum absolute atomic E-state index is 6.04. The normalized spacial score (nSPS) is 11.1. The Hall–Kier alpha value is -1.29. The molecule has 2 rings (SSSR count). The number of benzene rings is 1. The van der Waals surface area contributed by atoms with Gasteiger partial charge in [0, 0.05) is 33.2 Å². The lowest BCUT2D eigenvalue weighted by molar-refractivity contribution is 0.892. The van der Waals surface area contributed by atoms with Gasteiger partial charge in [-0.1, -0.05) is 6.07 Å². The van der Waals surface area contributed by atoms with E-state index in [2.05, 4.69) is 47.0 Å². The Morgan fingerprint density at radius 2 is 2.00 bits per heavy atom. The first-order chi connectivity index (χ1) is 8.00. The Morgan fingerprint density at radius 3 is 2.65 bits per heavy atom. The first-order valence-corrected chi connectivity index (χ1v) is 6.40. The van der Waals surface area contributed by atoms with E-state index in [4.69, 9.17) is 5.73 Å². The monoisotopic (exact) mass is 293 g/mol. The van der Waals surface area contributed by atoms with E-state index >= 15 is 0 Å². The van der Waals surface area contributed by atoms with E-state index in [1.165, 1.54) is 5.56 Å². The topological polar surface area (TPSA) is 50.9 Å². The van der Waals surface area contributed by atoms with Gasteiger partial charge in [0.2, 0.25) is 0 Å². The smallest absolute Gasteiger partial charge is 0.134 e. The summed E-state index contributed by atoms with van der Waals surface area (Å²) in [6, 6.07) is 4.30. The van der Waals surface area contributed by atoms with Crippen LogP contribution in [-0.4, -0.2) is 11.0 Å². The number of hydrogen-bond acceptors (Lipinski definition) is 3. The van der Waals surface area contributed by atoms with Crippen LogP contribution in [0.15, 0.2) is 22.8 Å². The third kappa shape index (κ3) is 2.22. The Bertz CT molecular complexity index is 556. The third-order valence-electron chi connectivity index (χ3n) is 2.65. The van der Waals surface area contributed by atoms with Crippen LogP contribution in [0.3, 0.4) is 0 Å². The molecule has 0 atom stereocenters. The maximum atomic E-state index is 6.04. The van der Waals surface area contributed by atoms with Gasteiger partial charge in [0.05, 0.1) is 0 Å². The van der Waals surface area contributed by atoms with E-state index in [0.29, 0.717) is 6.04 Å². The summed E-state index contributed by atoms with van der Waals surface area (Å²) in [5.74, 6) is 0.892. The predicted molar refractivity (Wildman–Crippen MR) is 77.4 cm³/mol. The number of nitrogen functional groups attached to an aromatic ring is 1. The SMILES string of the molecule is Cc1ccc(N)c2c(Br)cnc(NC(C)C)c12. The average molecular weight is 294 g/mol. The van der Waals surface area contributed by atoms with Crippen LogP contribution in [-0.2, 0) is 0 Å². The Morgan fingerprint density at radius 1 is 1.29 bits per heavy atom. The molecule has 0 aliphatic rings. The number of halogens is 1. The van der Waals surface area contributed by atoms with E-state index in [9.17, 15) is 0 Å². The molecule has 0 saturated heterocycles. The second-order valence-corrected chi connectivity index (χ2v) is 5.33. The molecule has 0 radical (unpaired) electrons. The van der Waals surface area contributed by atoms with Crippen molar-refractivity contribution in [3.8, 4) is 0 Å². The van der Waals surface area contributed by atoms with Crippen molar-refractivity contribution in [1.29, 1.82) is 0 Å². The van der Waals surface area contributed by atoms with Crippen LogP contribution in [0, 0.1) is 6.92 Å². The number of fused-ring (bicyclic) bond motifs is 1.